The molecule has 0 atom stereocenters. The number of guanidine groups is 1. The average Bonchev–Trinajstić information content (AvgIpc) is 3.30. The molecule has 2 aromatic rings. The van der Waals surface area contributed by atoms with Crippen LogP contribution in [0, 0.1) is 0 Å². The van der Waals surface area contributed by atoms with Gasteiger partial charge in [0.15, 0.2) is 5.96 Å². The maximum atomic E-state index is 6.01. The van der Waals surface area contributed by atoms with E-state index in [-0.39, 0.29) is 24.0 Å². The Hall–Kier alpha value is -1.57. The molecule has 0 saturated heterocycles. The second kappa shape index (κ2) is 8.33. The van der Waals surface area contributed by atoms with E-state index >= 15 is 0 Å². The molecule has 1 saturated carbocycles. The van der Waals surface area contributed by atoms with E-state index in [0.29, 0.717) is 18.5 Å². The third-order valence-corrected chi connectivity index (χ3v) is 4.06. The molecule has 2 N–H and O–H groups in total. The minimum atomic E-state index is 0. The van der Waals surface area contributed by atoms with E-state index in [1.54, 1.807) is 0 Å². The standard InChI is InChI=1S/C17H23N5.HI/c1-21(15-7-8-15)17(18)20-10-9-16-19-11-12-22(16)13-14-5-3-2-4-6-14;/h2-6,11-12,15H,7-10,13H2,1H3,(H2,18,20);1H. The van der Waals surface area contributed by atoms with E-state index in [0.717, 1.165) is 18.8 Å². The summed E-state index contributed by atoms with van der Waals surface area (Å²) in [6, 6.07) is 11.0. The topological polar surface area (TPSA) is 59.4 Å². The van der Waals surface area contributed by atoms with Crippen molar-refractivity contribution >= 4 is 29.9 Å². The van der Waals surface area contributed by atoms with Crippen LogP contribution in [0.4, 0.5) is 0 Å². The summed E-state index contributed by atoms with van der Waals surface area (Å²) < 4.78 is 2.17. The van der Waals surface area contributed by atoms with Crippen LogP contribution >= 0.6 is 24.0 Å². The van der Waals surface area contributed by atoms with Gasteiger partial charge in [-0.3, -0.25) is 4.99 Å². The Kier molecular flexibility index (Phi) is 6.44. The molecular formula is C17H24IN5. The SMILES string of the molecule is CN(C(N)=NCCc1nccn1Cc1ccccc1)C1CC1.I. The van der Waals surface area contributed by atoms with Gasteiger partial charge in [-0.1, -0.05) is 30.3 Å². The van der Waals surface area contributed by atoms with Crippen molar-refractivity contribution < 1.29 is 0 Å². The lowest BCUT2D eigenvalue weighted by molar-refractivity contribution is 0.487. The van der Waals surface area contributed by atoms with E-state index in [2.05, 4.69) is 43.7 Å². The Balaban J connectivity index is 0.00000192. The highest BCUT2D eigenvalue weighted by atomic mass is 127. The molecule has 1 aromatic carbocycles. The first-order valence-corrected chi connectivity index (χ1v) is 7.80. The zero-order valence-corrected chi connectivity index (χ0v) is 15.8. The van der Waals surface area contributed by atoms with E-state index in [1.165, 1.54) is 18.4 Å². The van der Waals surface area contributed by atoms with Gasteiger partial charge in [0.2, 0.25) is 0 Å². The Bertz CT molecular complexity index is 633. The lowest BCUT2D eigenvalue weighted by atomic mass is 10.2. The quantitative estimate of drug-likeness (QED) is 0.440. The van der Waals surface area contributed by atoms with E-state index in [9.17, 15) is 0 Å². The van der Waals surface area contributed by atoms with Crippen LogP contribution < -0.4 is 5.73 Å². The molecule has 1 aliphatic carbocycles. The highest BCUT2D eigenvalue weighted by Gasteiger charge is 2.27. The Morgan fingerprint density at radius 1 is 1.35 bits per heavy atom. The zero-order valence-electron chi connectivity index (χ0n) is 13.4. The van der Waals surface area contributed by atoms with Crippen LogP contribution in [0.25, 0.3) is 0 Å². The van der Waals surface area contributed by atoms with Crippen LogP contribution in [0.15, 0.2) is 47.7 Å². The van der Waals surface area contributed by atoms with E-state index in [1.807, 2.05) is 25.5 Å². The number of halogens is 1. The molecule has 6 heteroatoms. The summed E-state index contributed by atoms with van der Waals surface area (Å²) in [5.41, 5.74) is 7.28. The highest BCUT2D eigenvalue weighted by molar-refractivity contribution is 14.0. The molecule has 1 aliphatic rings. The van der Waals surface area contributed by atoms with E-state index in [4.69, 9.17) is 5.73 Å². The smallest absolute Gasteiger partial charge is 0.191 e. The van der Waals surface area contributed by atoms with Gasteiger partial charge in [-0.05, 0) is 18.4 Å². The third-order valence-electron chi connectivity index (χ3n) is 4.06. The fourth-order valence-corrected chi connectivity index (χ4v) is 2.52. The normalized spacial score (nSPS) is 14.4. The summed E-state index contributed by atoms with van der Waals surface area (Å²) in [6.45, 7) is 1.52. The molecule has 5 nitrogen and oxygen atoms in total. The first kappa shape index (κ1) is 17.8. The fraction of sp³-hybridized carbons (Fsp3) is 0.412. The van der Waals surface area contributed by atoms with Crippen molar-refractivity contribution in [2.75, 3.05) is 13.6 Å². The molecule has 1 aromatic heterocycles. The van der Waals surface area contributed by atoms with Crippen molar-refractivity contribution in [3.63, 3.8) is 0 Å². The highest BCUT2D eigenvalue weighted by Crippen LogP contribution is 2.24. The van der Waals surface area contributed by atoms with Gasteiger partial charge in [0.1, 0.15) is 5.82 Å². The maximum absolute atomic E-state index is 6.01. The minimum Gasteiger partial charge on any atom is -0.370 e. The molecule has 3 rings (SSSR count). The number of rotatable bonds is 6. The van der Waals surface area contributed by atoms with Gasteiger partial charge in [0.25, 0.3) is 0 Å². The number of hydrogen-bond acceptors (Lipinski definition) is 2. The van der Waals surface area contributed by atoms with Gasteiger partial charge in [-0.25, -0.2) is 4.98 Å². The number of aliphatic imine (C=N–C) groups is 1. The van der Waals surface area contributed by atoms with Gasteiger partial charge in [-0.15, -0.1) is 24.0 Å². The molecule has 0 spiro atoms. The monoisotopic (exact) mass is 425 g/mol. The molecule has 124 valence electrons. The summed E-state index contributed by atoms with van der Waals surface area (Å²) in [4.78, 5) is 11.0. The van der Waals surface area contributed by atoms with Crippen LogP contribution in [-0.2, 0) is 13.0 Å². The van der Waals surface area contributed by atoms with Crippen LogP contribution in [-0.4, -0.2) is 40.0 Å². The molecule has 0 aliphatic heterocycles. The maximum Gasteiger partial charge on any atom is 0.191 e. The Morgan fingerprint density at radius 2 is 2.09 bits per heavy atom. The zero-order chi connectivity index (χ0) is 15.4. The number of nitrogens with zero attached hydrogens (tertiary/aromatic N) is 4. The molecule has 1 heterocycles. The summed E-state index contributed by atoms with van der Waals surface area (Å²) in [5.74, 6) is 1.69. The molecular weight excluding hydrogens is 401 g/mol. The average molecular weight is 425 g/mol. The van der Waals surface area contributed by atoms with Gasteiger partial charge in [0.05, 0.1) is 0 Å². The van der Waals surface area contributed by atoms with Gasteiger partial charge < -0.3 is 15.2 Å². The number of hydrogen-bond donors (Lipinski definition) is 1. The molecule has 23 heavy (non-hydrogen) atoms. The lowest BCUT2D eigenvalue weighted by Crippen LogP contribution is -2.35. The van der Waals surface area contributed by atoms with Crippen molar-refractivity contribution in [2.24, 2.45) is 10.7 Å². The summed E-state index contributed by atoms with van der Waals surface area (Å²) in [7, 11) is 2.02. The predicted octanol–water partition coefficient (Wildman–Crippen LogP) is 2.50. The van der Waals surface area contributed by atoms with Crippen LogP contribution in [0.1, 0.15) is 24.2 Å². The molecule has 0 bridgehead atoms. The van der Waals surface area contributed by atoms with Crippen molar-refractivity contribution in [2.45, 2.75) is 31.8 Å². The van der Waals surface area contributed by atoms with Crippen molar-refractivity contribution in [1.29, 1.82) is 0 Å². The summed E-state index contributed by atoms with van der Waals surface area (Å²) in [6.07, 6.45) is 7.13. The van der Waals surface area contributed by atoms with Gasteiger partial charge in [-0.2, -0.15) is 0 Å². The second-order valence-corrected chi connectivity index (χ2v) is 5.79. The molecule has 0 radical (unpaired) electrons. The van der Waals surface area contributed by atoms with Gasteiger partial charge in [0, 0.05) is 45.0 Å². The lowest BCUT2D eigenvalue weighted by Gasteiger charge is -2.16. The van der Waals surface area contributed by atoms with Crippen LogP contribution in [0.5, 0.6) is 0 Å². The number of aromatic nitrogens is 2. The predicted molar refractivity (Wildman–Crippen MR) is 104 cm³/mol. The summed E-state index contributed by atoms with van der Waals surface area (Å²) >= 11 is 0. The third kappa shape index (κ3) is 4.95. The Morgan fingerprint density at radius 3 is 2.78 bits per heavy atom. The Labute approximate surface area is 154 Å². The first-order valence-electron chi connectivity index (χ1n) is 7.80. The summed E-state index contributed by atoms with van der Waals surface area (Å²) in [5, 5.41) is 0. The number of benzene rings is 1. The second-order valence-electron chi connectivity index (χ2n) is 5.79. The van der Waals surface area contributed by atoms with Crippen LogP contribution in [0.2, 0.25) is 0 Å². The molecule has 0 unspecified atom stereocenters. The van der Waals surface area contributed by atoms with Gasteiger partial charge >= 0.3 is 0 Å². The van der Waals surface area contributed by atoms with E-state index < -0.39 is 0 Å². The minimum absolute atomic E-state index is 0. The number of nitrogens with two attached hydrogens (primary N) is 1. The molecule has 0 amide bonds. The molecule has 1 fully saturated rings. The largest absolute Gasteiger partial charge is 0.370 e. The van der Waals surface area contributed by atoms with Crippen molar-refractivity contribution in [3.8, 4) is 0 Å². The number of imidazole rings is 1. The fourth-order valence-electron chi connectivity index (χ4n) is 2.52. The van der Waals surface area contributed by atoms with Crippen molar-refractivity contribution in [3.05, 3.63) is 54.1 Å². The first-order chi connectivity index (χ1) is 10.7. The van der Waals surface area contributed by atoms with Crippen LogP contribution in [0.3, 0.4) is 0 Å². The van der Waals surface area contributed by atoms with Crippen molar-refractivity contribution in [1.82, 2.24) is 14.5 Å².